The molecule has 2 heterocycles. The Morgan fingerprint density at radius 3 is 2.78 bits per heavy atom. The van der Waals surface area contributed by atoms with E-state index in [2.05, 4.69) is 35.8 Å². The lowest BCUT2D eigenvalue weighted by molar-refractivity contribution is 0.433. The van der Waals surface area contributed by atoms with Gasteiger partial charge in [0.25, 0.3) is 0 Å². The molecule has 3 heteroatoms. The first-order valence-corrected chi connectivity index (χ1v) is 7.54. The fraction of sp³-hybridized carbons (Fsp3) is 0.467. The van der Waals surface area contributed by atoms with E-state index in [1.165, 1.54) is 17.7 Å². The van der Waals surface area contributed by atoms with Crippen molar-refractivity contribution >= 4 is 11.3 Å². The third kappa shape index (κ3) is 4.31. The van der Waals surface area contributed by atoms with Gasteiger partial charge in [-0.3, -0.25) is 0 Å². The largest absolute Gasteiger partial charge is 0.469 e. The highest BCUT2D eigenvalue weighted by molar-refractivity contribution is 7.09. The minimum absolute atomic E-state index is 0.585. The van der Waals surface area contributed by atoms with Crippen molar-refractivity contribution in [3.63, 3.8) is 0 Å². The smallest absolute Gasteiger partial charge is 0.103 e. The Bertz CT molecular complexity index is 369. The molecule has 0 bridgehead atoms. The summed E-state index contributed by atoms with van der Waals surface area (Å²) >= 11 is 1.85. The molecule has 2 aromatic heterocycles. The molecular formula is C15H21NOS. The van der Waals surface area contributed by atoms with Crippen molar-refractivity contribution in [2.24, 2.45) is 0 Å². The van der Waals surface area contributed by atoms with Crippen LogP contribution in [0.2, 0.25) is 0 Å². The molecule has 0 fully saturated rings. The molecule has 1 N–H and O–H groups in total. The van der Waals surface area contributed by atoms with E-state index in [4.69, 9.17) is 4.42 Å². The van der Waals surface area contributed by atoms with E-state index in [1.54, 1.807) is 6.26 Å². The van der Waals surface area contributed by atoms with Crippen LogP contribution in [-0.2, 0) is 12.8 Å². The summed E-state index contributed by atoms with van der Waals surface area (Å²) < 4.78 is 5.39. The van der Waals surface area contributed by atoms with Gasteiger partial charge in [0, 0.05) is 17.3 Å². The normalized spacial score (nSPS) is 12.7. The van der Waals surface area contributed by atoms with Crippen molar-refractivity contribution < 1.29 is 4.42 Å². The Hall–Kier alpha value is -1.06. The predicted octanol–water partition coefficient (Wildman–Crippen LogP) is 3.88. The van der Waals surface area contributed by atoms with Crippen LogP contribution in [0, 0.1) is 0 Å². The first-order valence-electron chi connectivity index (χ1n) is 6.66. The zero-order valence-electron chi connectivity index (χ0n) is 10.9. The third-order valence-electron chi connectivity index (χ3n) is 3.13. The van der Waals surface area contributed by atoms with Crippen LogP contribution in [-0.4, -0.2) is 12.6 Å². The number of hydrogen-bond acceptors (Lipinski definition) is 3. The molecule has 0 aliphatic heterocycles. The Morgan fingerprint density at radius 1 is 1.22 bits per heavy atom. The van der Waals surface area contributed by atoms with Gasteiger partial charge in [-0.1, -0.05) is 13.0 Å². The fourth-order valence-electron chi connectivity index (χ4n) is 2.18. The van der Waals surface area contributed by atoms with Crippen molar-refractivity contribution in [3.8, 4) is 0 Å². The van der Waals surface area contributed by atoms with E-state index in [0.29, 0.717) is 6.04 Å². The number of furan rings is 1. The summed E-state index contributed by atoms with van der Waals surface area (Å²) in [6.07, 6.45) is 6.30. The summed E-state index contributed by atoms with van der Waals surface area (Å²) in [5.74, 6) is 1.09. The maximum atomic E-state index is 5.39. The van der Waals surface area contributed by atoms with E-state index in [1.807, 2.05) is 17.4 Å². The predicted molar refractivity (Wildman–Crippen MR) is 77.1 cm³/mol. The number of thiophene rings is 1. The first-order chi connectivity index (χ1) is 8.88. The molecule has 1 atom stereocenters. The van der Waals surface area contributed by atoms with E-state index in [0.717, 1.165) is 25.1 Å². The second kappa shape index (κ2) is 7.39. The van der Waals surface area contributed by atoms with Crippen LogP contribution in [0.15, 0.2) is 40.3 Å². The number of rotatable bonds is 8. The molecular weight excluding hydrogens is 242 g/mol. The molecule has 0 saturated heterocycles. The van der Waals surface area contributed by atoms with Gasteiger partial charge in [0.1, 0.15) is 5.76 Å². The third-order valence-corrected chi connectivity index (χ3v) is 4.07. The molecule has 0 saturated carbocycles. The lowest BCUT2D eigenvalue weighted by Crippen LogP contribution is -2.29. The van der Waals surface area contributed by atoms with Gasteiger partial charge in [-0.2, -0.15) is 0 Å². The van der Waals surface area contributed by atoms with Crippen LogP contribution >= 0.6 is 11.3 Å². The van der Waals surface area contributed by atoms with E-state index in [9.17, 15) is 0 Å². The van der Waals surface area contributed by atoms with Crippen LogP contribution in [0.5, 0.6) is 0 Å². The average Bonchev–Trinajstić information content (AvgIpc) is 3.05. The van der Waals surface area contributed by atoms with Gasteiger partial charge < -0.3 is 9.73 Å². The number of nitrogens with one attached hydrogen (secondary N) is 1. The standard InChI is InChI=1S/C15H21NOS/c1-2-16-13(7-9-14-5-3-11-17-14)8-10-15-6-4-12-18-15/h3-6,11-13,16H,2,7-10H2,1H3. The van der Waals surface area contributed by atoms with Crippen LogP contribution < -0.4 is 5.32 Å². The van der Waals surface area contributed by atoms with Crippen LogP contribution in [0.25, 0.3) is 0 Å². The van der Waals surface area contributed by atoms with Crippen molar-refractivity contribution in [2.45, 2.75) is 38.6 Å². The Kier molecular flexibility index (Phi) is 5.49. The van der Waals surface area contributed by atoms with Gasteiger partial charge in [0.15, 0.2) is 0 Å². The molecule has 0 amide bonds. The lowest BCUT2D eigenvalue weighted by Gasteiger charge is -2.16. The molecule has 2 rings (SSSR count). The SMILES string of the molecule is CCNC(CCc1ccco1)CCc1cccs1. The zero-order valence-corrected chi connectivity index (χ0v) is 11.7. The molecule has 1 unspecified atom stereocenters. The summed E-state index contributed by atoms with van der Waals surface area (Å²) in [7, 11) is 0. The summed E-state index contributed by atoms with van der Waals surface area (Å²) in [6, 6.07) is 8.96. The van der Waals surface area contributed by atoms with Gasteiger partial charge in [0.2, 0.25) is 0 Å². The van der Waals surface area contributed by atoms with Crippen LogP contribution in [0.4, 0.5) is 0 Å². The summed E-state index contributed by atoms with van der Waals surface area (Å²) in [4.78, 5) is 1.48. The Morgan fingerprint density at radius 2 is 2.11 bits per heavy atom. The van der Waals surface area contributed by atoms with Gasteiger partial charge in [0.05, 0.1) is 6.26 Å². The summed E-state index contributed by atoms with van der Waals surface area (Å²) in [5, 5.41) is 5.72. The maximum Gasteiger partial charge on any atom is 0.103 e. The minimum Gasteiger partial charge on any atom is -0.469 e. The highest BCUT2D eigenvalue weighted by Gasteiger charge is 2.09. The second-order valence-corrected chi connectivity index (χ2v) is 5.52. The van der Waals surface area contributed by atoms with Crippen LogP contribution in [0.1, 0.15) is 30.4 Å². The number of hydrogen-bond donors (Lipinski definition) is 1. The Balaban J connectivity index is 1.76. The molecule has 2 aromatic rings. The van der Waals surface area contributed by atoms with E-state index in [-0.39, 0.29) is 0 Å². The molecule has 0 aliphatic carbocycles. The number of aryl methyl sites for hydroxylation is 2. The monoisotopic (exact) mass is 263 g/mol. The lowest BCUT2D eigenvalue weighted by atomic mass is 10.0. The van der Waals surface area contributed by atoms with E-state index >= 15 is 0 Å². The zero-order chi connectivity index (χ0) is 12.6. The summed E-state index contributed by atoms with van der Waals surface area (Å²) in [5.41, 5.74) is 0. The van der Waals surface area contributed by atoms with Gasteiger partial charge in [-0.15, -0.1) is 11.3 Å². The summed E-state index contributed by atoms with van der Waals surface area (Å²) in [6.45, 7) is 3.21. The minimum atomic E-state index is 0.585. The van der Waals surface area contributed by atoms with Crippen molar-refractivity contribution in [1.82, 2.24) is 5.32 Å². The second-order valence-electron chi connectivity index (χ2n) is 4.49. The van der Waals surface area contributed by atoms with Crippen molar-refractivity contribution in [2.75, 3.05) is 6.54 Å². The molecule has 98 valence electrons. The van der Waals surface area contributed by atoms with Gasteiger partial charge in [-0.05, 0) is 49.4 Å². The topological polar surface area (TPSA) is 25.2 Å². The van der Waals surface area contributed by atoms with Crippen LogP contribution in [0.3, 0.4) is 0 Å². The first kappa shape index (κ1) is 13.4. The van der Waals surface area contributed by atoms with Gasteiger partial charge in [-0.25, -0.2) is 0 Å². The molecule has 0 radical (unpaired) electrons. The molecule has 18 heavy (non-hydrogen) atoms. The molecule has 0 aliphatic rings. The molecule has 0 aromatic carbocycles. The maximum absolute atomic E-state index is 5.39. The van der Waals surface area contributed by atoms with Gasteiger partial charge >= 0.3 is 0 Å². The van der Waals surface area contributed by atoms with Crippen molar-refractivity contribution in [1.29, 1.82) is 0 Å². The molecule has 0 spiro atoms. The average molecular weight is 263 g/mol. The van der Waals surface area contributed by atoms with Crippen molar-refractivity contribution in [3.05, 3.63) is 46.5 Å². The quantitative estimate of drug-likeness (QED) is 0.781. The fourth-order valence-corrected chi connectivity index (χ4v) is 2.90. The molecule has 2 nitrogen and oxygen atoms in total. The highest BCUT2D eigenvalue weighted by Crippen LogP contribution is 2.14. The highest BCUT2D eigenvalue weighted by atomic mass is 32.1. The van der Waals surface area contributed by atoms with E-state index < -0.39 is 0 Å². The Labute approximate surface area is 113 Å².